The summed E-state index contributed by atoms with van der Waals surface area (Å²) in [4.78, 5) is 20.3. The lowest BCUT2D eigenvalue weighted by Gasteiger charge is -2.41. The van der Waals surface area contributed by atoms with E-state index in [0.29, 0.717) is 28.3 Å². The first-order valence-electron chi connectivity index (χ1n) is 11.8. The summed E-state index contributed by atoms with van der Waals surface area (Å²) in [5.74, 6) is -1.22. The lowest BCUT2D eigenvalue weighted by molar-refractivity contribution is -0.0731. The molecule has 2 aliphatic heterocycles. The molecule has 0 radical (unpaired) electrons. The lowest BCUT2D eigenvalue weighted by Crippen LogP contribution is -2.52. The Morgan fingerprint density at radius 2 is 1.83 bits per heavy atom. The van der Waals surface area contributed by atoms with E-state index in [0.717, 1.165) is 39.1 Å². The van der Waals surface area contributed by atoms with Crippen LogP contribution in [0.4, 0.5) is 13.2 Å². The van der Waals surface area contributed by atoms with Gasteiger partial charge in [0, 0.05) is 25.3 Å². The molecule has 9 nitrogen and oxygen atoms in total. The Bertz CT molecular complexity index is 1440. The summed E-state index contributed by atoms with van der Waals surface area (Å²) in [5, 5.41) is 6.95. The number of pyridine rings is 1. The van der Waals surface area contributed by atoms with E-state index in [1.165, 1.54) is 18.3 Å². The predicted molar refractivity (Wildman–Crippen MR) is 122 cm³/mol. The summed E-state index contributed by atoms with van der Waals surface area (Å²) >= 11 is 0. The molecule has 5 heterocycles. The zero-order valence-corrected chi connectivity index (χ0v) is 19.2. The normalized spacial score (nSPS) is 17.8. The molecule has 0 spiro atoms. The van der Waals surface area contributed by atoms with Crippen molar-refractivity contribution in [3.05, 3.63) is 64.4 Å². The number of halogens is 3. The maximum absolute atomic E-state index is 14.2. The second-order valence-electron chi connectivity index (χ2n) is 9.11. The van der Waals surface area contributed by atoms with Gasteiger partial charge in [-0.1, -0.05) is 0 Å². The number of ether oxygens (including phenoxy) is 1. The van der Waals surface area contributed by atoms with E-state index in [9.17, 15) is 18.0 Å². The molecular weight excluding hydrogens is 477 g/mol. The molecule has 0 unspecified atom stereocenters. The van der Waals surface area contributed by atoms with Crippen molar-refractivity contribution in [1.82, 2.24) is 29.2 Å². The van der Waals surface area contributed by atoms with Crippen LogP contribution in [0, 0.1) is 5.82 Å². The highest BCUT2D eigenvalue weighted by Crippen LogP contribution is 2.29. The molecule has 12 heteroatoms. The molecule has 188 valence electrons. The number of rotatable bonds is 6. The van der Waals surface area contributed by atoms with Crippen LogP contribution < -0.4 is 5.69 Å². The van der Waals surface area contributed by atoms with Crippen LogP contribution in [0.5, 0.6) is 0 Å². The van der Waals surface area contributed by atoms with Gasteiger partial charge in [0.1, 0.15) is 5.82 Å². The van der Waals surface area contributed by atoms with E-state index < -0.39 is 18.1 Å². The summed E-state index contributed by atoms with van der Waals surface area (Å²) in [6, 6.07) is 8.07. The predicted octanol–water partition coefficient (Wildman–Crippen LogP) is 3.41. The molecule has 2 saturated heterocycles. The summed E-state index contributed by atoms with van der Waals surface area (Å²) in [6.45, 7) is 3.39. The molecule has 2 fully saturated rings. The summed E-state index contributed by atoms with van der Waals surface area (Å²) in [6.07, 6.45) is 0.169. The molecule has 0 bridgehead atoms. The van der Waals surface area contributed by atoms with E-state index in [1.54, 1.807) is 27.3 Å². The maximum Gasteiger partial charge on any atom is 0.329 e. The number of piperidine rings is 1. The Morgan fingerprint density at radius 1 is 1.03 bits per heavy atom. The zero-order valence-electron chi connectivity index (χ0n) is 19.2. The van der Waals surface area contributed by atoms with Crippen molar-refractivity contribution in [2.75, 3.05) is 26.3 Å². The number of aromatic nitrogens is 5. The van der Waals surface area contributed by atoms with Crippen LogP contribution in [-0.4, -0.2) is 61.6 Å². The third-order valence-corrected chi connectivity index (χ3v) is 6.94. The van der Waals surface area contributed by atoms with E-state index in [2.05, 4.69) is 20.1 Å². The Kier molecular flexibility index (Phi) is 5.84. The van der Waals surface area contributed by atoms with E-state index >= 15 is 0 Å². The van der Waals surface area contributed by atoms with E-state index in [-0.39, 0.29) is 24.2 Å². The van der Waals surface area contributed by atoms with Gasteiger partial charge in [-0.2, -0.15) is 8.78 Å². The van der Waals surface area contributed by atoms with Crippen molar-refractivity contribution < 1.29 is 22.3 Å². The minimum absolute atomic E-state index is 0.0304. The van der Waals surface area contributed by atoms with Crippen LogP contribution in [0.2, 0.25) is 0 Å². The average molecular weight is 500 g/mol. The Hall–Kier alpha value is -3.51. The number of alkyl halides is 2. The Balaban J connectivity index is 1.28. The van der Waals surface area contributed by atoms with Crippen molar-refractivity contribution in [3.63, 3.8) is 0 Å². The summed E-state index contributed by atoms with van der Waals surface area (Å²) < 4.78 is 53.2. The minimum atomic E-state index is -2.85. The fourth-order valence-electron chi connectivity index (χ4n) is 4.95. The van der Waals surface area contributed by atoms with Gasteiger partial charge in [0.25, 0.3) is 5.89 Å². The highest BCUT2D eigenvalue weighted by molar-refractivity contribution is 5.76. The van der Waals surface area contributed by atoms with Gasteiger partial charge in [-0.3, -0.25) is 19.0 Å². The third kappa shape index (κ3) is 4.09. The van der Waals surface area contributed by atoms with Gasteiger partial charge < -0.3 is 9.15 Å². The smallest absolute Gasteiger partial charge is 0.329 e. The van der Waals surface area contributed by atoms with Gasteiger partial charge in [0.2, 0.25) is 5.89 Å². The standard InChI is InChI=1S/C24H23F3N6O3/c25-15-2-4-19-20(9-15)33(17-5-7-31(8-6-17)18-12-35-13-18)24(34)32(19)11-16-3-1-14(10-28-16)22-29-30-23(36-22)21(26)27/h1-4,9-10,17-18,21H,5-8,11-13H2. The van der Waals surface area contributed by atoms with Gasteiger partial charge in [-0.05, 0) is 43.2 Å². The molecule has 4 aromatic rings. The molecule has 2 aliphatic rings. The van der Waals surface area contributed by atoms with Crippen LogP contribution in [0.15, 0.2) is 45.7 Å². The molecule has 1 aromatic carbocycles. The number of hydrogen-bond donors (Lipinski definition) is 0. The van der Waals surface area contributed by atoms with Gasteiger partial charge in [-0.15, -0.1) is 10.2 Å². The topological polar surface area (TPSA) is 91.2 Å². The van der Waals surface area contributed by atoms with E-state index in [1.807, 2.05) is 0 Å². The maximum atomic E-state index is 14.2. The second kappa shape index (κ2) is 9.17. The van der Waals surface area contributed by atoms with Gasteiger partial charge in [-0.25, -0.2) is 9.18 Å². The highest BCUT2D eigenvalue weighted by Gasteiger charge is 2.31. The zero-order chi connectivity index (χ0) is 24.8. The molecule has 0 amide bonds. The molecule has 0 aliphatic carbocycles. The first-order valence-corrected chi connectivity index (χ1v) is 11.8. The number of imidazole rings is 1. The number of likely N-dealkylation sites (tertiary alicyclic amines) is 1. The minimum Gasteiger partial charge on any atom is -0.415 e. The largest absolute Gasteiger partial charge is 0.415 e. The molecule has 6 rings (SSSR count). The first kappa shape index (κ1) is 22.9. The van der Waals surface area contributed by atoms with Gasteiger partial charge >= 0.3 is 12.1 Å². The molecular formula is C24H23F3N6O3. The third-order valence-electron chi connectivity index (χ3n) is 6.94. The van der Waals surface area contributed by atoms with Crippen LogP contribution in [-0.2, 0) is 11.3 Å². The molecule has 0 atom stereocenters. The van der Waals surface area contributed by atoms with Crippen LogP contribution >= 0.6 is 0 Å². The Morgan fingerprint density at radius 3 is 2.47 bits per heavy atom. The summed E-state index contributed by atoms with van der Waals surface area (Å²) in [7, 11) is 0. The van der Waals surface area contributed by atoms with Crippen molar-refractivity contribution in [2.24, 2.45) is 0 Å². The monoisotopic (exact) mass is 500 g/mol. The number of hydrogen-bond acceptors (Lipinski definition) is 7. The molecule has 3 aromatic heterocycles. The SMILES string of the molecule is O=c1n(Cc2ccc(-c3nnc(C(F)F)o3)cn2)c2ccc(F)cc2n1C1CCN(C2COC2)CC1. The second-order valence-corrected chi connectivity index (χ2v) is 9.11. The van der Waals surface area contributed by atoms with Crippen LogP contribution in [0.1, 0.15) is 36.9 Å². The van der Waals surface area contributed by atoms with Crippen LogP contribution in [0.3, 0.4) is 0 Å². The number of benzene rings is 1. The van der Waals surface area contributed by atoms with Gasteiger partial charge in [0.05, 0.1) is 48.1 Å². The van der Waals surface area contributed by atoms with Crippen molar-refractivity contribution in [3.8, 4) is 11.5 Å². The number of nitrogens with zero attached hydrogens (tertiary/aromatic N) is 6. The number of fused-ring (bicyclic) bond motifs is 1. The average Bonchev–Trinajstić information content (AvgIpc) is 3.43. The van der Waals surface area contributed by atoms with Gasteiger partial charge in [0.15, 0.2) is 0 Å². The molecule has 36 heavy (non-hydrogen) atoms. The fraction of sp³-hybridized carbons (Fsp3) is 0.417. The van der Waals surface area contributed by atoms with Crippen molar-refractivity contribution in [2.45, 2.75) is 37.9 Å². The van der Waals surface area contributed by atoms with Crippen molar-refractivity contribution >= 4 is 11.0 Å². The van der Waals surface area contributed by atoms with Crippen molar-refractivity contribution in [1.29, 1.82) is 0 Å². The first-order chi connectivity index (χ1) is 17.5. The van der Waals surface area contributed by atoms with Crippen LogP contribution in [0.25, 0.3) is 22.5 Å². The highest BCUT2D eigenvalue weighted by atomic mass is 19.3. The Labute approximate surface area is 203 Å². The quantitative estimate of drug-likeness (QED) is 0.401. The molecule has 0 saturated carbocycles. The summed E-state index contributed by atoms with van der Waals surface area (Å²) in [5.41, 5.74) is 1.93. The lowest BCUT2D eigenvalue weighted by atomic mass is 10.0. The van der Waals surface area contributed by atoms with E-state index in [4.69, 9.17) is 9.15 Å². The molecule has 0 N–H and O–H groups in total. The fourth-order valence-corrected chi connectivity index (χ4v) is 4.95.